The van der Waals surface area contributed by atoms with Gasteiger partial charge in [0.15, 0.2) is 0 Å². The molecule has 0 bridgehead atoms. The van der Waals surface area contributed by atoms with E-state index in [9.17, 15) is 24.0 Å². The van der Waals surface area contributed by atoms with Gasteiger partial charge in [-0.1, -0.05) is 195 Å². The Hall–Kier alpha value is -1.65. The summed E-state index contributed by atoms with van der Waals surface area (Å²) in [6.45, 7) is 11.1. The van der Waals surface area contributed by atoms with Gasteiger partial charge in [0.1, 0.15) is 31.4 Å². The third-order valence-electron chi connectivity index (χ3n) is 8.38. The maximum absolute atomic E-state index is 9.89. The summed E-state index contributed by atoms with van der Waals surface area (Å²) in [6.07, 6.45) is 47.0. The van der Waals surface area contributed by atoms with Crippen LogP contribution in [0.1, 0.15) is 259 Å². The first-order valence-corrected chi connectivity index (χ1v) is 21.8. The van der Waals surface area contributed by atoms with Crippen LogP contribution < -0.4 is 0 Å². The highest BCUT2D eigenvalue weighted by Gasteiger charge is 1.91. The lowest BCUT2D eigenvalue weighted by molar-refractivity contribution is -0.108. The summed E-state index contributed by atoms with van der Waals surface area (Å²) in [5.74, 6) is 0. The zero-order valence-electron chi connectivity index (χ0n) is 34.7. The van der Waals surface area contributed by atoms with Gasteiger partial charge in [-0.2, -0.15) is 0 Å². The van der Waals surface area contributed by atoms with E-state index >= 15 is 0 Å². The molecule has 0 aromatic rings. The molecule has 50 heavy (non-hydrogen) atoms. The SMILES string of the molecule is CCCCCCCCC=O.CCCCCCCCC=O.CCCCCCCCC=O.CCCCCCCCC=O.CCCCCCCCC=O. The molecule has 0 aliphatic heterocycles. The van der Waals surface area contributed by atoms with Crippen LogP contribution in [-0.4, -0.2) is 31.4 Å². The topological polar surface area (TPSA) is 85.3 Å². The van der Waals surface area contributed by atoms with E-state index in [4.69, 9.17) is 0 Å². The van der Waals surface area contributed by atoms with Gasteiger partial charge in [-0.3, -0.25) is 0 Å². The number of hydrogen-bond acceptors (Lipinski definition) is 5. The third-order valence-corrected chi connectivity index (χ3v) is 8.38. The molecule has 0 aliphatic rings. The third kappa shape index (κ3) is 85.7. The van der Waals surface area contributed by atoms with Crippen molar-refractivity contribution < 1.29 is 24.0 Å². The number of unbranched alkanes of at least 4 members (excludes halogenated alkanes) is 30. The molecule has 0 rings (SSSR count). The molecule has 0 aliphatic carbocycles. The highest BCUT2D eigenvalue weighted by Crippen LogP contribution is 2.08. The number of carbonyl (C=O) groups excluding carboxylic acids is 5. The lowest BCUT2D eigenvalue weighted by atomic mass is 10.1. The molecule has 5 nitrogen and oxygen atoms in total. The quantitative estimate of drug-likeness (QED) is 0.0483. The van der Waals surface area contributed by atoms with Gasteiger partial charge in [-0.25, -0.2) is 0 Å². The van der Waals surface area contributed by atoms with Gasteiger partial charge in [0, 0.05) is 32.1 Å². The van der Waals surface area contributed by atoms with Gasteiger partial charge in [0.25, 0.3) is 0 Å². The summed E-state index contributed by atoms with van der Waals surface area (Å²) in [7, 11) is 0. The summed E-state index contributed by atoms with van der Waals surface area (Å²) in [5.41, 5.74) is 0. The molecule has 0 heterocycles. The van der Waals surface area contributed by atoms with E-state index in [1.165, 1.54) is 161 Å². The van der Waals surface area contributed by atoms with Gasteiger partial charge in [-0.15, -0.1) is 0 Å². The standard InChI is InChI=1S/5C9H18O/c5*1-2-3-4-5-6-7-8-9-10/h5*9H,2-8H2,1H3. The number of carbonyl (C=O) groups is 5. The van der Waals surface area contributed by atoms with Gasteiger partial charge in [-0.05, 0) is 32.1 Å². The van der Waals surface area contributed by atoms with Crippen molar-refractivity contribution in [2.75, 3.05) is 0 Å². The molecule has 0 saturated heterocycles. The van der Waals surface area contributed by atoms with Gasteiger partial charge < -0.3 is 24.0 Å². The van der Waals surface area contributed by atoms with Crippen molar-refractivity contribution in [2.45, 2.75) is 259 Å². The molecular formula is C45H90O5. The van der Waals surface area contributed by atoms with E-state index in [1.807, 2.05) is 0 Å². The average Bonchev–Trinajstić information content (AvgIpc) is 3.13. The highest BCUT2D eigenvalue weighted by atomic mass is 16.1. The largest absolute Gasteiger partial charge is 0.303 e. The monoisotopic (exact) mass is 711 g/mol. The second-order valence-corrected chi connectivity index (χ2v) is 13.6. The Morgan fingerprint density at radius 2 is 0.320 bits per heavy atom. The molecule has 0 N–H and O–H groups in total. The predicted octanol–water partition coefficient (Wildman–Crippen LogP) is 14.7. The first-order chi connectivity index (χ1) is 24.6. The normalized spacial score (nSPS) is 9.70. The van der Waals surface area contributed by atoms with Crippen molar-refractivity contribution in [2.24, 2.45) is 0 Å². The van der Waals surface area contributed by atoms with Crippen molar-refractivity contribution in [3.05, 3.63) is 0 Å². The van der Waals surface area contributed by atoms with E-state index in [0.29, 0.717) is 0 Å². The van der Waals surface area contributed by atoms with Gasteiger partial charge >= 0.3 is 0 Å². The van der Waals surface area contributed by atoms with Crippen molar-refractivity contribution in [1.29, 1.82) is 0 Å². The fraction of sp³-hybridized carbons (Fsp3) is 0.889. The van der Waals surface area contributed by atoms with Gasteiger partial charge in [0.05, 0.1) is 0 Å². The molecule has 5 heteroatoms. The van der Waals surface area contributed by atoms with Crippen LogP contribution in [-0.2, 0) is 24.0 Å². The van der Waals surface area contributed by atoms with Crippen LogP contribution in [0.2, 0.25) is 0 Å². The maximum Gasteiger partial charge on any atom is 0.119 e. The molecule has 0 spiro atoms. The van der Waals surface area contributed by atoms with Crippen LogP contribution in [0.5, 0.6) is 0 Å². The Bertz CT molecular complexity index is 462. The van der Waals surface area contributed by atoms with E-state index < -0.39 is 0 Å². The minimum absolute atomic E-state index is 0.756. The first-order valence-electron chi connectivity index (χ1n) is 21.8. The summed E-state index contributed by atoms with van der Waals surface area (Å²) < 4.78 is 0. The summed E-state index contributed by atoms with van der Waals surface area (Å²) >= 11 is 0. The highest BCUT2D eigenvalue weighted by molar-refractivity contribution is 5.49. The van der Waals surface area contributed by atoms with Crippen LogP contribution >= 0.6 is 0 Å². The minimum Gasteiger partial charge on any atom is -0.303 e. The smallest absolute Gasteiger partial charge is 0.119 e. The van der Waals surface area contributed by atoms with Crippen molar-refractivity contribution in [3.8, 4) is 0 Å². The Morgan fingerprint density at radius 3 is 0.440 bits per heavy atom. The molecule has 0 aromatic carbocycles. The van der Waals surface area contributed by atoms with Crippen molar-refractivity contribution >= 4 is 31.4 Å². The van der Waals surface area contributed by atoms with E-state index in [0.717, 1.165) is 95.6 Å². The fourth-order valence-electron chi connectivity index (χ4n) is 5.04. The van der Waals surface area contributed by atoms with E-state index in [2.05, 4.69) is 34.6 Å². The van der Waals surface area contributed by atoms with Gasteiger partial charge in [0.2, 0.25) is 0 Å². The van der Waals surface area contributed by atoms with E-state index in [-0.39, 0.29) is 0 Å². The molecule has 0 unspecified atom stereocenters. The summed E-state index contributed by atoms with van der Waals surface area (Å²) in [5, 5.41) is 0. The summed E-state index contributed by atoms with van der Waals surface area (Å²) in [6, 6.07) is 0. The molecule has 0 aromatic heterocycles. The second-order valence-electron chi connectivity index (χ2n) is 13.6. The van der Waals surface area contributed by atoms with Crippen molar-refractivity contribution in [3.63, 3.8) is 0 Å². The number of aldehydes is 5. The first kappa shape index (κ1) is 57.7. The second kappa shape index (κ2) is 69.2. The maximum atomic E-state index is 9.89. The molecule has 0 saturated carbocycles. The van der Waals surface area contributed by atoms with Crippen LogP contribution in [0.25, 0.3) is 0 Å². The van der Waals surface area contributed by atoms with Crippen LogP contribution in [0, 0.1) is 0 Å². The molecule has 0 atom stereocenters. The molecule has 0 amide bonds. The molecule has 0 fully saturated rings. The summed E-state index contributed by atoms with van der Waals surface area (Å²) in [4.78, 5) is 49.5. The Labute approximate surface area is 314 Å². The van der Waals surface area contributed by atoms with Crippen LogP contribution in [0.3, 0.4) is 0 Å². The van der Waals surface area contributed by atoms with Crippen LogP contribution in [0.15, 0.2) is 0 Å². The lowest BCUT2D eigenvalue weighted by Gasteiger charge is -1.95. The molecule has 0 radical (unpaired) electrons. The van der Waals surface area contributed by atoms with Crippen molar-refractivity contribution in [1.82, 2.24) is 0 Å². The molecular weight excluding hydrogens is 620 g/mol. The van der Waals surface area contributed by atoms with Crippen LogP contribution in [0.4, 0.5) is 0 Å². The predicted molar refractivity (Wildman–Crippen MR) is 220 cm³/mol. The average molecular weight is 711 g/mol. The Morgan fingerprint density at radius 1 is 0.200 bits per heavy atom. The Kier molecular flexibility index (Phi) is 79.8. The fourth-order valence-corrected chi connectivity index (χ4v) is 5.04. The minimum atomic E-state index is 0.756. The number of hydrogen-bond donors (Lipinski definition) is 0. The molecule has 300 valence electrons. The Balaban J connectivity index is -0.000000169. The zero-order valence-corrected chi connectivity index (χ0v) is 34.7. The number of rotatable bonds is 35. The lowest BCUT2D eigenvalue weighted by Crippen LogP contribution is -1.79. The van der Waals surface area contributed by atoms with E-state index in [1.54, 1.807) is 0 Å². The zero-order chi connectivity index (χ0) is 38.3.